The highest BCUT2D eigenvalue weighted by molar-refractivity contribution is 5.97. The van der Waals surface area contributed by atoms with Crippen molar-refractivity contribution < 1.29 is 9.57 Å². The summed E-state index contributed by atoms with van der Waals surface area (Å²) in [6, 6.07) is 16.3. The van der Waals surface area contributed by atoms with Crippen LogP contribution in [-0.4, -0.2) is 37.0 Å². The van der Waals surface area contributed by atoms with E-state index in [1.807, 2.05) is 24.3 Å². The molecule has 0 unspecified atom stereocenters. The first kappa shape index (κ1) is 17.5. The number of rotatable bonds is 6. The zero-order valence-corrected chi connectivity index (χ0v) is 14.6. The zero-order valence-electron chi connectivity index (χ0n) is 14.6. The van der Waals surface area contributed by atoms with Gasteiger partial charge in [0.25, 0.3) is 0 Å². The third-order valence-corrected chi connectivity index (χ3v) is 4.25. The molecule has 0 amide bonds. The Morgan fingerprint density at radius 1 is 1.12 bits per heavy atom. The number of benzene rings is 2. The lowest BCUT2D eigenvalue weighted by Gasteiger charge is -2.26. The predicted octanol–water partition coefficient (Wildman–Crippen LogP) is 2.66. The van der Waals surface area contributed by atoms with E-state index in [9.17, 15) is 0 Å². The largest absolute Gasteiger partial charge is 0.389 e. The molecule has 5 nitrogen and oxygen atoms in total. The van der Waals surface area contributed by atoms with Crippen molar-refractivity contribution in [2.45, 2.75) is 20.1 Å². The van der Waals surface area contributed by atoms with E-state index in [1.54, 1.807) is 0 Å². The molecule has 0 spiro atoms. The summed E-state index contributed by atoms with van der Waals surface area (Å²) in [4.78, 5) is 7.78. The van der Waals surface area contributed by atoms with Gasteiger partial charge < -0.3 is 15.3 Å². The third-order valence-electron chi connectivity index (χ3n) is 4.25. The lowest BCUT2D eigenvalue weighted by Crippen LogP contribution is -2.35. The fourth-order valence-electron chi connectivity index (χ4n) is 2.76. The Morgan fingerprint density at radius 2 is 1.88 bits per heavy atom. The fraction of sp³-hybridized carbons (Fsp3) is 0.350. The van der Waals surface area contributed by atoms with Crippen LogP contribution in [0.5, 0.6) is 0 Å². The minimum atomic E-state index is 0.399. The van der Waals surface area contributed by atoms with E-state index < -0.39 is 0 Å². The average Bonchev–Trinajstić information content (AvgIpc) is 2.64. The van der Waals surface area contributed by atoms with E-state index in [2.05, 4.69) is 41.2 Å². The van der Waals surface area contributed by atoms with E-state index in [0.717, 1.165) is 44.0 Å². The van der Waals surface area contributed by atoms with Crippen LogP contribution in [0.25, 0.3) is 0 Å². The smallest absolute Gasteiger partial charge is 0.170 e. The molecule has 1 heterocycles. The quantitative estimate of drug-likeness (QED) is 0.499. The van der Waals surface area contributed by atoms with Gasteiger partial charge in [-0.05, 0) is 24.1 Å². The summed E-state index contributed by atoms with van der Waals surface area (Å²) >= 11 is 0. The van der Waals surface area contributed by atoms with Crippen molar-refractivity contribution in [2.75, 3.05) is 26.3 Å². The van der Waals surface area contributed by atoms with Crippen LogP contribution in [0, 0.1) is 6.92 Å². The molecule has 2 N–H and O–H groups in total. The first-order valence-electron chi connectivity index (χ1n) is 8.61. The number of nitrogens with two attached hydrogens (primary N) is 1. The number of nitrogens with zero attached hydrogens (tertiary/aromatic N) is 2. The van der Waals surface area contributed by atoms with Crippen LogP contribution in [-0.2, 0) is 22.7 Å². The van der Waals surface area contributed by atoms with Crippen molar-refractivity contribution in [1.82, 2.24) is 4.90 Å². The summed E-state index contributed by atoms with van der Waals surface area (Å²) in [6.45, 7) is 6.90. The minimum absolute atomic E-state index is 0.399. The van der Waals surface area contributed by atoms with Crippen LogP contribution in [0.15, 0.2) is 53.7 Å². The maximum absolute atomic E-state index is 6.08. The minimum Gasteiger partial charge on any atom is -0.389 e. The molecular weight excluding hydrogens is 314 g/mol. The Hall–Kier alpha value is -2.37. The van der Waals surface area contributed by atoms with E-state index in [1.165, 1.54) is 11.1 Å². The normalized spacial score (nSPS) is 16.0. The fourth-order valence-corrected chi connectivity index (χ4v) is 2.76. The van der Waals surface area contributed by atoms with Crippen molar-refractivity contribution in [2.24, 2.45) is 10.9 Å². The Morgan fingerprint density at radius 3 is 2.64 bits per heavy atom. The van der Waals surface area contributed by atoms with E-state index >= 15 is 0 Å². The number of aryl methyl sites for hydroxylation is 1. The molecule has 1 fully saturated rings. The predicted molar refractivity (Wildman–Crippen MR) is 99.2 cm³/mol. The molecule has 5 heteroatoms. The van der Waals surface area contributed by atoms with Crippen LogP contribution in [0.2, 0.25) is 0 Å². The van der Waals surface area contributed by atoms with Crippen LogP contribution in [0.3, 0.4) is 0 Å². The van der Waals surface area contributed by atoms with Crippen LogP contribution >= 0.6 is 0 Å². The monoisotopic (exact) mass is 339 g/mol. The van der Waals surface area contributed by atoms with Gasteiger partial charge in [0.2, 0.25) is 0 Å². The number of hydrogen-bond donors (Lipinski definition) is 1. The highest BCUT2D eigenvalue weighted by atomic mass is 16.6. The van der Waals surface area contributed by atoms with Gasteiger partial charge in [-0.1, -0.05) is 53.2 Å². The molecule has 0 aromatic heterocycles. The van der Waals surface area contributed by atoms with Crippen molar-refractivity contribution in [1.29, 1.82) is 0 Å². The molecule has 0 saturated carbocycles. The number of amidine groups is 1. The van der Waals surface area contributed by atoms with E-state index in [0.29, 0.717) is 12.4 Å². The molecule has 0 bridgehead atoms. The van der Waals surface area contributed by atoms with Crippen LogP contribution < -0.4 is 5.73 Å². The van der Waals surface area contributed by atoms with Crippen molar-refractivity contribution >= 4 is 5.84 Å². The summed E-state index contributed by atoms with van der Waals surface area (Å²) in [5.41, 5.74) is 10.5. The first-order valence-corrected chi connectivity index (χ1v) is 8.61. The summed E-state index contributed by atoms with van der Waals surface area (Å²) in [6.07, 6.45) is 0. The van der Waals surface area contributed by atoms with Gasteiger partial charge in [0.05, 0.1) is 13.2 Å². The zero-order chi connectivity index (χ0) is 17.5. The van der Waals surface area contributed by atoms with Crippen molar-refractivity contribution in [3.05, 3.63) is 70.8 Å². The van der Waals surface area contributed by atoms with Gasteiger partial charge in [-0.15, -0.1) is 0 Å². The standard InChI is InChI=1S/C20H25N3O2/c1-16-5-7-17(8-6-16)15-25-22-20(21)19-4-2-3-18(13-19)14-23-9-11-24-12-10-23/h2-8,13H,9-12,14-15H2,1H3,(H2,21,22). The SMILES string of the molecule is Cc1ccc(CO/N=C(/N)c2cccc(CN3CCOCC3)c2)cc1. The number of oxime groups is 1. The second kappa shape index (κ2) is 8.65. The molecule has 3 rings (SSSR count). The van der Waals surface area contributed by atoms with Gasteiger partial charge in [0.15, 0.2) is 5.84 Å². The Balaban J connectivity index is 1.58. The number of ether oxygens (including phenoxy) is 1. The summed E-state index contributed by atoms with van der Waals surface area (Å²) in [5.74, 6) is 0.399. The average molecular weight is 339 g/mol. The second-order valence-corrected chi connectivity index (χ2v) is 6.32. The Bertz CT molecular complexity index is 707. The van der Waals surface area contributed by atoms with Gasteiger partial charge in [-0.3, -0.25) is 4.90 Å². The highest BCUT2D eigenvalue weighted by Gasteiger charge is 2.11. The molecule has 0 aliphatic carbocycles. The molecule has 0 atom stereocenters. The molecule has 25 heavy (non-hydrogen) atoms. The maximum Gasteiger partial charge on any atom is 0.170 e. The maximum atomic E-state index is 6.08. The molecular formula is C20H25N3O2. The van der Waals surface area contributed by atoms with Gasteiger partial charge in [0, 0.05) is 25.2 Å². The lowest BCUT2D eigenvalue weighted by molar-refractivity contribution is 0.0342. The Labute approximate surface area is 149 Å². The first-order chi connectivity index (χ1) is 12.2. The third kappa shape index (κ3) is 5.31. The van der Waals surface area contributed by atoms with E-state index in [4.69, 9.17) is 15.3 Å². The van der Waals surface area contributed by atoms with Gasteiger partial charge in [0.1, 0.15) is 6.61 Å². The molecule has 0 radical (unpaired) electrons. The molecule has 1 aliphatic rings. The molecule has 2 aromatic rings. The number of hydrogen-bond acceptors (Lipinski definition) is 4. The van der Waals surface area contributed by atoms with Crippen molar-refractivity contribution in [3.63, 3.8) is 0 Å². The van der Waals surface area contributed by atoms with Gasteiger partial charge in [-0.25, -0.2) is 0 Å². The van der Waals surface area contributed by atoms with Gasteiger partial charge in [-0.2, -0.15) is 0 Å². The summed E-state index contributed by atoms with van der Waals surface area (Å²) < 4.78 is 5.39. The lowest BCUT2D eigenvalue weighted by atomic mass is 10.1. The van der Waals surface area contributed by atoms with Gasteiger partial charge >= 0.3 is 0 Å². The van der Waals surface area contributed by atoms with Crippen LogP contribution in [0.4, 0.5) is 0 Å². The highest BCUT2D eigenvalue weighted by Crippen LogP contribution is 2.11. The summed E-state index contributed by atoms with van der Waals surface area (Å²) in [7, 11) is 0. The molecule has 2 aromatic carbocycles. The van der Waals surface area contributed by atoms with Crippen LogP contribution in [0.1, 0.15) is 22.3 Å². The van der Waals surface area contributed by atoms with Crippen molar-refractivity contribution in [3.8, 4) is 0 Å². The number of morpholine rings is 1. The van der Waals surface area contributed by atoms with E-state index in [-0.39, 0.29) is 0 Å². The molecule has 132 valence electrons. The second-order valence-electron chi connectivity index (χ2n) is 6.32. The summed E-state index contributed by atoms with van der Waals surface area (Å²) in [5, 5.41) is 4.06. The molecule has 1 aliphatic heterocycles. The Kier molecular flexibility index (Phi) is 6.04. The molecule has 1 saturated heterocycles. The topological polar surface area (TPSA) is 60.1 Å².